The van der Waals surface area contributed by atoms with E-state index >= 15 is 0 Å². The van der Waals surface area contributed by atoms with Gasteiger partial charge in [-0.15, -0.1) is 0 Å². The topological polar surface area (TPSA) is 67.5 Å². The highest BCUT2D eigenvalue weighted by Crippen LogP contribution is 2.13. The molecule has 0 aromatic heterocycles. The number of aliphatic hydroxyl groups is 1. The van der Waals surface area contributed by atoms with Crippen LogP contribution in [0.25, 0.3) is 0 Å². The van der Waals surface area contributed by atoms with E-state index in [2.05, 4.69) is 5.32 Å². The molecule has 1 aliphatic rings. The monoisotopic (exact) mass is 146 g/mol. The van der Waals surface area contributed by atoms with Crippen molar-refractivity contribution in [2.24, 2.45) is 5.73 Å². The number of ether oxygens (including phenoxy) is 1. The van der Waals surface area contributed by atoms with Crippen LogP contribution in [0.5, 0.6) is 0 Å². The summed E-state index contributed by atoms with van der Waals surface area (Å²) in [6, 6.07) is -0.265. The van der Waals surface area contributed by atoms with Gasteiger partial charge >= 0.3 is 0 Å². The van der Waals surface area contributed by atoms with E-state index in [0.29, 0.717) is 19.7 Å². The van der Waals surface area contributed by atoms with E-state index in [9.17, 15) is 5.11 Å². The Labute approximate surface area is 60.4 Å². The fourth-order valence-corrected chi connectivity index (χ4v) is 0.978. The zero-order chi connectivity index (χ0) is 7.61. The zero-order valence-corrected chi connectivity index (χ0v) is 6.13. The molecule has 0 spiro atoms. The molecule has 4 nitrogen and oxygen atoms in total. The van der Waals surface area contributed by atoms with Gasteiger partial charge in [-0.1, -0.05) is 0 Å². The van der Waals surface area contributed by atoms with Crippen molar-refractivity contribution in [3.8, 4) is 0 Å². The molecule has 4 heteroatoms. The summed E-state index contributed by atoms with van der Waals surface area (Å²) >= 11 is 0. The fraction of sp³-hybridized carbons (Fsp3) is 1.00. The van der Waals surface area contributed by atoms with Gasteiger partial charge in [0.15, 0.2) is 0 Å². The number of methoxy groups -OCH3 is 1. The van der Waals surface area contributed by atoms with Crippen molar-refractivity contribution in [1.82, 2.24) is 5.32 Å². The molecule has 0 bridgehead atoms. The molecule has 1 aliphatic heterocycles. The summed E-state index contributed by atoms with van der Waals surface area (Å²) in [5.74, 6) is 0. The van der Waals surface area contributed by atoms with Crippen molar-refractivity contribution in [1.29, 1.82) is 0 Å². The molecule has 0 aromatic rings. The van der Waals surface area contributed by atoms with Crippen LogP contribution in [0.1, 0.15) is 0 Å². The molecule has 1 unspecified atom stereocenters. The van der Waals surface area contributed by atoms with Crippen LogP contribution in [0.3, 0.4) is 0 Å². The van der Waals surface area contributed by atoms with Crippen molar-refractivity contribution < 1.29 is 9.84 Å². The zero-order valence-electron chi connectivity index (χ0n) is 6.13. The number of nitrogens with one attached hydrogen (secondary N) is 1. The number of β-amino-alcohol motifs (C(OH)–C–C–N with tert-alkyl or cyclic N) is 1. The van der Waals surface area contributed by atoms with Crippen LogP contribution in [0.2, 0.25) is 0 Å². The van der Waals surface area contributed by atoms with Crippen molar-refractivity contribution >= 4 is 0 Å². The van der Waals surface area contributed by atoms with Gasteiger partial charge in [0.25, 0.3) is 0 Å². The molecule has 60 valence electrons. The highest BCUT2D eigenvalue weighted by Gasteiger charge is 2.40. The predicted molar refractivity (Wildman–Crippen MR) is 37.7 cm³/mol. The maximum Gasteiger partial charge on any atom is 0.107 e. The lowest BCUT2D eigenvalue weighted by atomic mass is 9.89. The Morgan fingerprint density at radius 1 is 1.80 bits per heavy atom. The second kappa shape index (κ2) is 2.84. The van der Waals surface area contributed by atoms with Crippen molar-refractivity contribution in [2.45, 2.75) is 11.6 Å². The summed E-state index contributed by atoms with van der Waals surface area (Å²) in [4.78, 5) is 0. The van der Waals surface area contributed by atoms with Gasteiger partial charge in [-0.05, 0) is 0 Å². The van der Waals surface area contributed by atoms with Crippen LogP contribution < -0.4 is 11.1 Å². The van der Waals surface area contributed by atoms with Crippen molar-refractivity contribution in [3.63, 3.8) is 0 Å². The van der Waals surface area contributed by atoms with Crippen LogP contribution in [0.15, 0.2) is 0 Å². The van der Waals surface area contributed by atoms with Gasteiger partial charge in [-0.2, -0.15) is 0 Å². The predicted octanol–water partition coefficient (Wildman–Crippen LogP) is -1.71. The summed E-state index contributed by atoms with van der Waals surface area (Å²) in [6.45, 7) is 1.58. The van der Waals surface area contributed by atoms with E-state index in [1.165, 1.54) is 0 Å². The van der Waals surface area contributed by atoms with E-state index in [0.717, 1.165) is 0 Å². The second-order valence-electron chi connectivity index (χ2n) is 2.77. The van der Waals surface area contributed by atoms with E-state index < -0.39 is 5.60 Å². The van der Waals surface area contributed by atoms with Crippen LogP contribution >= 0.6 is 0 Å². The molecule has 1 heterocycles. The molecular weight excluding hydrogens is 132 g/mol. The first-order valence-corrected chi connectivity index (χ1v) is 3.37. The number of hydrogen-bond donors (Lipinski definition) is 3. The molecular formula is C6H14N2O2. The van der Waals surface area contributed by atoms with E-state index in [4.69, 9.17) is 10.5 Å². The first-order chi connectivity index (χ1) is 4.69. The molecule has 1 atom stereocenters. The maximum absolute atomic E-state index is 9.54. The maximum atomic E-state index is 9.54. The number of rotatable bonds is 3. The SMILES string of the molecule is COCC(N)C1(O)CNC1. The average molecular weight is 146 g/mol. The minimum absolute atomic E-state index is 0.265. The summed E-state index contributed by atoms with van der Waals surface area (Å²) in [7, 11) is 1.58. The molecule has 0 radical (unpaired) electrons. The Morgan fingerprint density at radius 2 is 2.40 bits per heavy atom. The smallest absolute Gasteiger partial charge is 0.107 e. The van der Waals surface area contributed by atoms with Gasteiger partial charge in [0.2, 0.25) is 0 Å². The Bertz CT molecular complexity index is 114. The molecule has 0 amide bonds. The Hall–Kier alpha value is -0.160. The van der Waals surface area contributed by atoms with Crippen LogP contribution in [-0.4, -0.2) is 43.6 Å². The summed E-state index contributed by atoms with van der Waals surface area (Å²) in [5.41, 5.74) is 4.88. The minimum atomic E-state index is -0.726. The molecule has 0 aromatic carbocycles. The summed E-state index contributed by atoms with van der Waals surface area (Å²) in [5, 5.41) is 12.5. The molecule has 1 saturated heterocycles. The standard InChI is InChI=1S/C6H14N2O2/c1-10-2-5(7)6(9)3-8-4-6/h5,8-9H,2-4,7H2,1H3. The van der Waals surface area contributed by atoms with Crippen molar-refractivity contribution in [2.75, 3.05) is 26.8 Å². The molecule has 4 N–H and O–H groups in total. The van der Waals surface area contributed by atoms with Crippen LogP contribution in [0, 0.1) is 0 Å². The minimum Gasteiger partial charge on any atom is -0.386 e. The fourth-order valence-electron chi connectivity index (χ4n) is 0.978. The Balaban J connectivity index is 2.31. The lowest BCUT2D eigenvalue weighted by molar-refractivity contribution is -0.0503. The van der Waals surface area contributed by atoms with E-state index in [-0.39, 0.29) is 6.04 Å². The van der Waals surface area contributed by atoms with Gasteiger partial charge in [-0.25, -0.2) is 0 Å². The van der Waals surface area contributed by atoms with Crippen LogP contribution in [-0.2, 0) is 4.74 Å². The number of nitrogens with two attached hydrogens (primary N) is 1. The largest absolute Gasteiger partial charge is 0.386 e. The van der Waals surface area contributed by atoms with Crippen molar-refractivity contribution in [3.05, 3.63) is 0 Å². The third-order valence-corrected chi connectivity index (χ3v) is 1.90. The van der Waals surface area contributed by atoms with Gasteiger partial charge in [0, 0.05) is 20.2 Å². The molecule has 1 rings (SSSR count). The Morgan fingerprint density at radius 3 is 2.70 bits per heavy atom. The normalized spacial score (nSPS) is 25.5. The van der Waals surface area contributed by atoms with E-state index in [1.54, 1.807) is 7.11 Å². The second-order valence-corrected chi connectivity index (χ2v) is 2.77. The van der Waals surface area contributed by atoms with Gasteiger partial charge < -0.3 is 20.9 Å². The molecule has 1 fully saturated rings. The third-order valence-electron chi connectivity index (χ3n) is 1.90. The van der Waals surface area contributed by atoms with Gasteiger partial charge in [-0.3, -0.25) is 0 Å². The van der Waals surface area contributed by atoms with Gasteiger partial charge in [0.05, 0.1) is 12.6 Å². The first-order valence-electron chi connectivity index (χ1n) is 3.37. The average Bonchev–Trinajstić information content (AvgIpc) is 1.83. The van der Waals surface area contributed by atoms with Gasteiger partial charge in [0.1, 0.15) is 5.60 Å². The Kier molecular flexibility index (Phi) is 2.25. The highest BCUT2D eigenvalue weighted by atomic mass is 16.5. The lowest BCUT2D eigenvalue weighted by Crippen LogP contribution is -2.69. The summed E-state index contributed by atoms with van der Waals surface area (Å²) < 4.78 is 4.81. The molecule has 0 saturated carbocycles. The number of hydrogen-bond acceptors (Lipinski definition) is 4. The van der Waals surface area contributed by atoms with Crippen LogP contribution in [0.4, 0.5) is 0 Å². The molecule has 10 heavy (non-hydrogen) atoms. The summed E-state index contributed by atoms with van der Waals surface area (Å²) in [6.07, 6.45) is 0. The van der Waals surface area contributed by atoms with E-state index in [1.807, 2.05) is 0 Å². The molecule has 0 aliphatic carbocycles. The third kappa shape index (κ3) is 1.29. The first kappa shape index (κ1) is 7.94. The quantitative estimate of drug-likeness (QED) is 0.444. The highest BCUT2D eigenvalue weighted by molar-refractivity contribution is 5.00. The lowest BCUT2D eigenvalue weighted by Gasteiger charge is -2.41.